The molecular formula is C19H21N5O4. The molecule has 2 amide bonds. The van der Waals surface area contributed by atoms with Crippen molar-refractivity contribution in [3.05, 3.63) is 53.8 Å². The van der Waals surface area contributed by atoms with Gasteiger partial charge >= 0.3 is 6.03 Å². The van der Waals surface area contributed by atoms with E-state index in [1.807, 2.05) is 36.4 Å². The monoisotopic (exact) mass is 383 g/mol. The molecule has 0 spiro atoms. The Labute approximate surface area is 161 Å². The molecule has 1 N–H and O–H groups in total. The molecule has 0 unspecified atom stereocenters. The molecule has 9 nitrogen and oxygen atoms in total. The van der Waals surface area contributed by atoms with Crippen molar-refractivity contribution < 1.29 is 18.6 Å². The molecule has 3 aromatic rings. The number of benzene rings is 1. The lowest BCUT2D eigenvalue weighted by Gasteiger charge is -2.15. The maximum atomic E-state index is 12.3. The highest BCUT2D eigenvalue weighted by atomic mass is 16.5. The third kappa shape index (κ3) is 4.20. The van der Waals surface area contributed by atoms with Gasteiger partial charge in [0.1, 0.15) is 11.8 Å². The van der Waals surface area contributed by atoms with Gasteiger partial charge in [0.05, 0.1) is 13.1 Å². The van der Waals surface area contributed by atoms with E-state index >= 15 is 0 Å². The van der Waals surface area contributed by atoms with Crippen molar-refractivity contribution in [3.63, 3.8) is 0 Å². The summed E-state index contributed by atoms with van der Waals surface area (Å²) >= 11 is 0. The molecule has 1 fully saturated rings. The summed E-state index contributed by atoms with van der Waals surface area (Å²) in [6.07, 6.45) is 1.72. The molecule has 1 atom stereocenters. The minimum absolute atomic E-state index is 0.134. The molecule has 1 aromatic carbocycles. The summed E-state index contributed by atoms with van der Waals surface area (Å²) < 4.78 is 16.1. The number of aromatic nitrogens is 3. The number of rotatable bonds is 6. The Morgan fingerprint density at radius 2 is 2.11 bits per heavy atom. The Kier molecular flexibility index (Phi) is 5.34. The number of carbonyl (C=O) groups excluding carboxylic acids is 1. The number of hydrogen-bond acceptors (Lipinski definition) is 7. The van der Waals surface area contributed by atoms with E-state index in [9.17, 15) is 4.79 Å². The van der Waals surface area contributed by atoms with E-state index in [-0.39, 0.29) is 18.7 Å². The topological polar surface area (TPSA) is 107 Å². The molecule has 0 saturated carbocycles. The fraction of sp³-hybridized carbons (Fsp3) is 0.368. The molecule has 9 heteroatoms. The number of nitrogens with one attached hydrogen (secondary N) is 1. The number of urea groups is 1. The third-order valence-electron chi connectivity index (χ3n) is 4.45. The Morgan fingerprint density at radius 1 is 1.25 bits per heavy atom. The van der Waals surface area contributed by atoms with Gasteiger partial charge < -0.3 is 24.0 Å². The Balaban J connectivity index is 1.28. The number of carbonyl (C=O) groups is 1. The van der Waals surface area contributed by atoms with Crippen LogP contribution < -0.4 is 5.32 Å². The summed E-state index contributed by atoms with van der Waals surface area (Å²) in [7, 11) is 1.68. The van der Waals surface area contributed by atoms with Crippen molar-refractivity contribution in [2.75, 3.05) is 13.7 Å². The van der Waals surface area contributed by atoms with E-state index in [1.54, 1.807) is 7.05 Å². The van der Waals surface area contributed by atoms with E-state index in [0.29, 0.717) is 36.3 Å². The zero-order chi connectivity index (χ0) is 19.3. The van der Waals surface area contributed by atoms with Crippen molar-refractivity contribution in [3.8, 4) is 11.3 Å². The van der Waals surface area contributed by atoms with E-state index in [1.165, 1.54) is 4.90 Å². The number of amides is 2. The van der Waals surface area contributed by atoms with E-state index in [2.05, 4.69) is 20.6 Å². The van der Waals surface area contributed by atoms with Crippen molar-refractivity contribution >= 4 is 6.03 Å². The van der Waals surface area contributed by atoms with Crippen LogP contribution in [-0.2, 0) is 17.8 Å². The SMILES string of the molecule is CN(Cc1cc(-c2ccccc2)on1)C(=O)NCc1noc([C@H]2CCCO2)n1. The molecule has 4 rings (SSSR count). The van der Waals surface area contributed by atoms with Gasteiger partial charge in [-0.2, -0.15) is 4.98 Å². The summed E-state index contributed by atoms with van der Waals surface area (Å²) in [5, 5.41) is 10.7. The molecule has 28 heavy (non-hydrogen) atoms. The fourth-order valence-corrected chi connectivity index (χ4v) is 2.97. The Bertz CT molecular complexity index is 917. The van der Waals surface area contributed by atoms with Gasteiger partial charge in [0.2, 0.25) is 0 Å². The van der Waals surface area contributed by atoms with Crippen LogP contribution in [-0.4, -0.2) is 39.9 Å². The minimum Gasteiger partial charge on any atom is -0.368 e. The minimum atomic E-state index is -0.271. The molecule has 1 aliphatic rings. The van der Waals surface area contributed by atoms with Gasteiger partial charge in [-0.15, -0.1) is 0 Å². The van der Waals surface area contributed by atoms with Crippen LogP contribution >= 0.6 is 0 Å². The predicted molar refractivity (Wildman–Crippen MR) is 97.9 cm³/mol. The second-order valence-electron chi connectivity index (χ2n) is 6.61. The van der Waals surface area contributed by atoms with Crippen molar-refractivity contribution in [1.82, 2.24) is 25.5 Å². The third-order valence-corrected chi connectivity index (χ3v) is 4.45. The summed E-state index contributed by atoms with van der Waals surface area (Å²) in [4.78, 5) is 18.1. The largest absolute Gasteiger partial charge is 0.368 e. The summed E-state index contributed by atoms with van der Waals surface area (Å²) in [6.45, 7) is 1.20. The molecular weight excluding hydrogens is 362 g/mol. The van der Waals surface area contributed by atoms with Gasteiger partial charge in [-0.1, -0.05) is 40.6 Å². The second kappa shape index (κ2) is 8.22. The Hall–Kier alpha value is -3.20. The number of ether oxygens (including phenoxy) is 1. The first-order chi connectivity index (χ1) is 13.7. The highest BCUT2D eigenvalue weighted by molar-refractivity contribution is 5.73. The zero-order valence-electron chi connectivity index (χ0n) is 15.5. The smallest absolute Gasteiger partial charge is 0.317 e. The maximum absolute atomic E-state index is 12.3. The van der Waals surface area contributed by atoms with Gasteiger partial charge in [-0.25, -0.2) is 4.79 Å². The van der Waals surface area contributed by atoms with Gasteiger partial charge in [0, 0.05) is 25.3 Å². The number of nitrogens with zero attached hydrogens (tertiary/aromatic N) is 4. The molecule has 2 aromatic heterocycles. The van der Waals surface area contributed by atoms with Crippen molar-refractivity contribution in [1.29, 1.82) is 0 Å². The lowest BCUT2D eigenvalue weighted by atomic mass is 10.1. The number of hydrogen-bond donors (Lipinski definition) is 1. The van der Waals surface area contributed by atoms with Crippen LogP contribution in [0.2, 0.25) is 0 Å². The second-order valence-corrected chi connectivity index (χ2v) is 6.61. The first-order valence-electron chi connectivity index (χ1n) is 9.13. The first kappa shape index (κ1) is 18.2. The van der Waals surface area contributed by atoms with Crippen LogP contribution in [0, 0.1) is 0 Å². The first-order valence-corrected chi connectivity index (χ1v) is 9.13. The van der Waals surface area contributed by atoms with Crippen LogP contribution in [0.4, 0.5) is 4.79 Å². The summed E-state index contributed by atoms with van der Waals surface area (Å²) in [5.41, 5.74) is 1.60. The molecule has 0 aliphatic carbocycles. The molecule has 0 radical (unpaired) electrons. The standard InChI is InChI=1S/C19H21N5O4/c1-24(12-14-10-16(27-22-14)13-6-3-2-4-7-13)19(25)20-11-17-21-18(28-23-17)15-8-5-9-26-15/h2-4,6-7,10,15H,5,8-9,11-12H2,1H3,(H,20,25)/t15-/m1/s1. The predicted octanol–water partition coefficient (Wildman–Crippen LogP) is 2.92. The average Bonchev–Trinajstić information content (AvgIpc) is 3.47. The molecule has 3 heterocycles. The highest BCUT2D eigenvalue weighted by Crippen LogP contribution is 2.26. The molecule has 1 aliphatic heterocycles. The highest BCUT2D eigenvalue weighted by Gasteiger charge is 2.24. The van der Waals surface area contributed by atoms with Crippen LogP contribution in [0.15, 0.2) is 45.4 Å². The maximum Gasteiger partial charge on any atom is 0.317 e. The van der Waals surface area contributed by atoms with Crippen molar-refractivity contribution in [2.24, 2.45) is 0 Å². The van der Waals surface area contributed by atoms with E-state index in [0.717, 1.165) is 18.4 Å². The average molecular weight is 383 g/mol. The lowest BCUT2D eigenvalue weighted by Crippen LogP contribution is -2.36. The van der Waals surface area contributed by atoms with E-state index in [4.69, 9.17) is 13.8 Å². The zero-order valence-corrected chi connectivity index (χ0v) is 15.5. The van der Waals surface area contributed by atoms with Gasteiger partial charge in [-0.05, 0) is 12.8 Å². The van der Waals surface area contributed by atoms with Crippen LogP contribution in [0.1, 0.15) is 36.4 Å². The van der Waals surface area contributed by atoms with Crippen LogP contribution in [0.3, 0.4) is 0 Å². The van der Waals surface area contributed by atoms with Gasteiger partial charge in [-0.3, -0.25) is 0 Å². The normalized spacial score (nSPS) is 16.2. The van der Waals surface area contributed by atoms with Gasteiger partial charge in [0.25, 0.3) is 5.89 Å². The molecule has 146 valence electrons. The van der Waals surface area contributed by atoms with Crippen LogP contribution in [0.5, 0.6) is 0 Å². The summed E-state index contributed by atoms with van der Waals surface area (Å²) in [6, 6.07) is 11.2. The van der Waals surface area contributed by atoms with E-state index < -0.39 is 0 Å². The quantitative estimate of drug-likeness (QED) is 0.697. The summed E-state index contributed by atoms with van der Waals surface area (Å²) in [5.74, 6) is 1.55. The van der Waals surface area contributed by atoms with Gasteiger partial charge in [0.15, 0.2) is 11.6 Å². The Morgan fingerprint density at radius 3 is 2.89 bits per heavy atom. The van der Waals surface area contributed by atoms with Crippen molar-refractivity contribution in [2.45, 2.75) is 32.0 Å². The molecule has 1 saturated heterocycles. The molecule has 0 bridgehead atoms. The fourth-order valence-electron chi connectivity index (χ4n) is 2.97. The lowest BCUT2D eigenvalue weighted by molar-refractivity contribution is 0.0835. The van der Waals surface area contributed by atoms with Crippen LogP contribution in [0.25, 0.3) is 11.3 Å².